The van der Waals surface area contributed by atoms with Crippen LogP contribution in [0.15, 0.2) is 30.3 Å². The molecule has 3 aromatic rings. The van der Waals surface area contributed by atoms with Gasteiger partial charge in [-0.15, -0.1) is 0 Å². The van der Waals surface area contributed by atoms with E-state index in [4.69, 9.17) is 23.7 Å². The smallest absolute Gasteiger partial charge is 0.339 e. The number of carbonyl (C=O) groups is 3. The molecule has 1 saturated heterocycles. The fraction of sp³-hybridized carbons (Fsp3) is 0.250. The van der Waals surface area contributed by atoms with Gasteiger partial charge in [0, 0.05) is 5.56 Å². The number of phenolic OH excluding ortho intramolecular Hbond substituents is 8. The molecule has 9 N–H and O–H groups in total. The predicted molar refractivity (Wildman–Crippen MR) is 142 cm³/mol. The van der Waals surface area contributed by atoms with Crippen molar-refractivity contribution < 1.29 is 84.0 Å². The molecule has 238 valence electrons. The highest BCUT2D eigenvalue weighted by atomic mass is 16.6. The molecule has 2 aliphatic rings. The van der Waals surface area contributed by atoms with Crippen LogP contribution in [0, 0.1) is 0 Å². The van der Waals surface area contributed by atoms with E-state index in [1.165, 1.54) is 0 Å². The van der Waals surface area contributed by atoms with Crippen LogP contribution in [0.4, 0.5) is 0 Å². The molecule has 0 aromatic heterocycles. The number of benzene rings is 3. The quantitative estimate of drug-likeness (QED) is 0.103. The summed E-state index contributed by atoms with van der Waals surface area (Å²) in [7, 11) is 1.11. The number of aliphatic hydroxyl groups is 1. The van der Waals surface area contributed by atoms with Crippen LogP contribution in [0.2, 0.25) is 0 Å². The summed E-state index contributed by atoms with van der Waals surface area (Å²) in [6, 6.07) is 3.97. The molecule has 0 spiro atoms. The van der Waals surface area contributed by atoms with Crippen LogP contribution in [0.5, 0.6) is 51.7 Å². The molecule has 0 aliphatic carbocycles. The summed E-state index contributed by atoms with van der Waals surface area (Å²) >= 11 is 0. The van der Waals surface area contributed by atoms with Crippen molar-refractivity contribution in [1.29, 1.82) is 0 Å². The van der Waals surface area contributed by atoms with Gasteiger partial charge >= 0.3 is 17.9 Å². The van der Waals surface area contributed by atoms with E-state index >= 15 is 0 Å². The maximum atomic E-state index is 13.1. The molecule has 17 nitrogen and oxygen atoms in total. The number of methoxy groups -OCH3 is 1. The van der Waals surface area contributed by atoms with Gasteiger partial charge in [-0.3, -0.25) is 0 Å². The summed E-state index contributed by atoms with van der Waals surface area (Å²) in [5.41, 5.74) is -1.61. The van der Waals surface area contributed by atoms with Gasteiger partial charge < -0.3 is 69.6 Å². The number of aromatic hydroxyl groups is 8. The van der Waals surface area contributed by atoms with Crippen molar-refractivity contribution in [2.75, 3.05) is 13.7 Å². The van der Waals surface area contributed by atoms with Crippen molar-refractivity contribution >= 4 is 17.9 Å². The molecular weight excluding hydrogens is 608 g/mol. The van der Waals surface area contributed by atoms with Gasteiger partial charge in [0.25, 0.3) is 0 Å². The highest BCUT2D eigenvalue weighted by molar-refractivity contribution is 5.95. The van der Waals surface area contributed by atoms with Gasteiger partial charge in [0.2, 0.25) is 5.75 Å². The van der Waals surface area contributed by atoms with Crippen molar-refractivity contribution in [2.24, 2.45) is 0 Å². The van der Waals surface area contributed by atoms with Gasteiger partial charge in [0.05, 0.1) is 23.8 Å². The van der Waals surface area contributed by atoms with Crippen molar-refractivity contribution in [1.82, 2.24) is 0 Å². The molecule has 17 heteroatoms. The van der Waals surface area contributed by atoms with E-state index in [1.807, 2.05) is 0 Å². The lowest BCUT2D eigenvalue weighted by atomic mass is 9.86. The first-order chi connectivity index (χ1) is 21.2. The number of phenols is 8. The molecule has 5 rings (SSSR count). The minimum Gasteiger partial charge on any atom is -0.504 e. The van der Waals surface area contributed by atoms with E-state index < -0.39 is 118 Å². The highest BCUT2D eigenvalue weighted by Gasteiger charge is 2.55. The van der Waals surface area contributed by atoms with Gasteiger partial charge in [-0.05, 0) is 30.3 Å². The van der Waals surface area contributed by atoms with Crippen LogP contribution >= 0.6 is 0 Å². The summed E-state index contributed by atoms with van der Waals surface area (Å²) in [5.74, 6) is -10.8. The van der Waals surface area contributed by atoms with Crippen LogP contribution in [-0.4, -0.2) is 102 Å². The first-order valence-corrected chi connectivity index (χ1v) is 12.8. The Morgan fingerprint density at radius 3 is 1.84 bits per heavy atom. The molecule has 0 saturated carbocycles. The lowest BCUT2D eigenvalue weighted by Crippen LogP contribution is -2.59. The zero-order valence-corrected chi connectivity index (χ0v) is 22.8. The Labute approximate surface area is 250 Å². The van der Waals surface area contributed by atoms with E-state index in [1.54, 1.807) is 0 Å². The second-order valence-electron chi connectivity index (χ2n) is 9.89. The van der Waals surface area contributed by atoms with Crippen LogP contribution in [0.3, 0.4) is 0 Å². The summed E-state index contributed by atoms with van der Waals surface area (Å²) in [4.78, 5) is 38.7. The Hall–Kier alpha value is -5.81. The van der Waals surface area contributed by atoms with Crippen LogP contribution < -0.4 is 4.74 Å². The SMILES string of the molecule is COc1c(O)cc2c(c1O)C1OC(COC(=O)c3cc(O)c(O)c(O)c3)C(O)C(OC(=O)c3cc(O)c(O)c(O)c3)C1OC2=O. The van der Waals surface area contributed by atoms with Crippen molar-refractivity contribution in [3.63, 3.8) is 0 Å². The Balaban J connectivity index is 1.51. The van der Waals surface area contributed by atoms with Crippen molar-refractivity contribution in [2.45, 2.75) is 30.5 Å². The van der Waals surface area contributed by atoms with Crippen molar-refractivity contribution in [3.8, 4) is 51.7 Å². The molecule has 2 heterocycles. The number of hydrogen-bond donors (Lipinski definition) is 9. The Morgan fingerprint density at radius 1 is 0.778 bits per heavy atom. The lowest BCUT2D eigenvalue weighted by Gasteiger charge is -2.45. The normalized spacial score (nSPS) is 22.0. The number of aliphatic hydroxyl groups excluding tert-OH is 1. The van der Waals surface area contributed by atoms with Gasteiger partial charge in [-0.1, -0.05) is 0 Å². The zero-order chi connectivity index (χ0) is 32.9. The summed E-state index contributed by atoms with van der Waals surface area (Å²) in [6.07, 6.45) is -8.60. The maximum absolute atomic E-state index is 13.1. The average Bonchev–Trinajstić information content (AvgIpc) is 2.99. The first kappa shape index (κ1) is 30.6. The molecule has 5 atom stereocenters. The summed E-state index contributed by atoms with van der Waals surface area (Å²) in [6.45, 7) is -0.806. The Morgan fingerprint density at radius 2 is 1.31 bits per heavy atom. The standard InChI is InChI=1S/C28H24O17/c1-41-22-15(33)6-10-17(21(22)37)23-25(45-28(10)40)24(44-27(39)9-4-13(31)19(35)14(32)5-9)20(36)16(43-23)7-42-26(38)8-2-11(29)18(34)12(30)3-8/h2-6,16,20,23-25,29-37H,7H2,1H3. The zero-order valence-electron chi connectivity index (χ0n) is 22.8. The van der Waals surface area contributed by atoms with Gasteiger partial charge in [0.1, 0.15) is 24.9 Å². The maximum Gasteiger partial charge on any atom is 0.339 e. The lowest BCUT2D eigenvalue weighted by molar-refractivity contribution is -0.235. The molecule has 2 aliphatic heterocycles. The second-order valence-corrected chi connectivity index (χ2v) is 9.89. The molecule has 0 bridgehead atoms. The molecule has 45 heavy (non-hydrogen) atoms. The number of hydrogen-bond acceptors (Lipinski definition) is 17. The summed E-state index contributed by atoms with van der Waals surface area (Å²) in [5, 5.41) is 90.5. The monoisotopic (exact) mass is 632 g/mol. The van der Waals surface area contributed by atoms with Gasteiger partial charge in [0.15, 0.2) is 58.2 Å². The van der Waals surface area contributed by atoms with Crippen molar-refractivity contribution in [3.05, 3.63) is 52.6 Å². The number of fused-ring (bicyclic) bond motifs is 3. The fourth-order valence-electron chi connectivity index (χ4n) is 4.93. The second kappa shape index (κ2) is 11.4. The van der Waals surface area contributed by atoms with Gasteiger partial charge in [-0.2, -0.15) is 0 Å². The minimum absolute atomic E-state index is 0.302. The third-order valence-electron chi connectivity index (χ3n) is 7.12. The van der Waals surface area contributed by atoms with Gasteiger partial charge in [-0.25, -0.2) is 14.4 Å². The number of ether oxygens (including phenoxy) is 5. The van der Waals surface area contributed by atoms with E-state index in [0.717, 1.165) is 37.4 Å². The molecule has 5 unspecified atom stereocenters. The predicted octanol–water partition coefficient (Wildman–Crippen LogP) is 0.762. The highest BCUT2D eigenvalue weighted by Crippen LogP contribution is 2.50. The number of carbonyl (C=O) groups excluding carboxylic acids is 3. The molecular formula is C28H24O17. The third-order valence-corrected chi connectivity index (χ3v) is 7.12. The van der Waals surface area contributed by atoms with E-state index in [9.17, 15) is 60.3 Å². The molecule has 0 amide bonds. The molecule has 0 radical (unpaired) electrons. The topological polar surface area (TPSA) is 279 Å². The first-order valence-electron chi connectivity index (χ1n) is 12.8. The molecule has 1 fully saturated rings. The Kier molecular flexibility index (Phi) is 7.73. The molecule has 3 aromatic carbocycles. The van der Waals surface area contributed by atoms with Crippen LogP contribution in [0.1, 0.15) is 42.7 Å². The minimum atomic E-state index is -1.93. The van der Waals surface area contributed by atoms with Crippen LogP contribution in [-0.2, 0) is 18.9 Å². The number of rotatable bonds is 6. The number of esters is 3. The van der Waals surface area contributed by atoms with Crippen LogP contribution in [0.25, 0.3) is 0 Å². The van der Waals surface area contributed by atoms with E-state index in [0.29, 0.717) is 0 Å². The largest absolute Gasteiger partial charge is 0.504 e. The average molecular weight is 632 g/mol. The van der Waals surface area contributed by atoms with E-state index in [2.05, 4.69) is 0 Å². The Bertz CT molecular complexity index is 1670. The third kappa shape index (κ3) is 5.30. The fourth-order valence-corrected chi connectivity index (χ4v) is 4.93. The summed E-state index contributed by atoms with van der Waals surface area (Å²) < 4.78 is 26.8. The van der Waals surface area contributed by atoms with E-state index in [-0.39, 0.29) is 11.1 Å².